The van der Waals surface area contributed by atoms with Crippen LogP contribution in [0.3, 0.4) is 0 Å². The molecule has 4 heteroatoms. The summed E-state index contributed by atoms with van der Waals surface area (Å²) in [6.45, 7) is 4.26. The lowest BCUT2D eigenvalue weighted by Crippen LogP contribution is -2.33. The lowest BCUT2D eigenvalue weighted by molar-refractivity contribution is 0.189. The molecular weight excluding hydrogens is 242 g/mol. The van der Waals surface area contributed by atoms with Gasteiger partial charge in [0.15, 0.2) is 0 Å². The fourth-order valence-corrected chi connectivity index (χ4v) is 3.25. The van der Waals surface area contributed by atoms with Gasteiger partial charge in [0.25, 0.3) is 0 Å². The highest BCUT2D eigenvalue weighted by atomic mass is 32.1. The summed E-state index contributed by atoms with van der Waals surface area (Å²) in [6, 6.07) is 6.61. The van der Waals surface area contributed by atoms with E-state index in [1.807, 2.05) is 17.6 Å². The Hall–Kier alpha value is -1.39. The molecule has 0 spiro atoms. The molecule has 94 valence electrons. The summed E-state index contributed by atoms with van der Waals surface area (Å²) < 4.78 is 0. The standard InChI is InChI=1S/C14H17N3S/c1-10(14-8-18-9-16-14)17-6-5-12-11(7-17)3-2-4-13(12)15/h2-4,8-10H,5-7,15H2,1H3. The fourth-order valence-electron chi connectivity index (χ4n) is 2.61. The third-order valence-electron chi connectivity index (χ3n) is 3.76. The van der Waals surface area contributed by atoms with E-state index in [1.165, 1.54) is 16.8 Å². The van der Waals surface area contributed by atoms with E-state index in [2.05, 4.69) is 28.3 Å². The molecule has 0 fully saturated rings. The molecule has 0 aliphatic carbocycles. The summed E-state index contributed by atoms with van der Waals surface area (Å²) >= 11 is 1.66. The molecule has 0 radical (unpaired) electrons. The quantitative estimate of drug-likeness (QED) is 0.843. The van der Waals surface area contributed by atoms with E-state index in [9.17, 15) is 0 Å². The van der Waals surface area contributed by atoms with Gasteiger partial charge in [0.2, 0.25) is 0 Å². The van der Waals surface area contributed by atoms with Gasteiger partial charge < -0.3 is 5.73 Å². The Kier molecular flexibility index (Phi) is 3.06. The Labute approximate surface area is 111 Å². The SMILES string of the molecule is CC(c1cscn1)N1CCc2c(N)cccc2C1. The van der Waals surface area contributed by atoms with Crippen LogP contribution >= 0.6 is 11.3 Å². The number of nitrogen functional groups attached to an aromatic ring is 1. The van der Waals surface area contributed by atoms with Crippen molar-refractivity contribution in [3.8, 4) is 0 Å². The summed E-state index contributed by atoms with van der Waals surface area (Å²) in [6.07, 6.45) is 1.04. The summed E-state index contributed by atoms with van der Waals surface area (Å²) in [5.74, 6) is 0. The highest BCUT2D eigenvalue weighted by Gasteiger charge is 2.23. The minimum absolute atomic E-state index is 0.380. The topological polar surface area (TPSA) is 42.2 Å². The Balaban J connectivity index is 1.83. The maximum atomic E-state index is 6.03. The minimum Gasteiger partial charge on any atom is -0.398 e. The van der Waals surface area contributed by atoms with Crippen LogP contribution in [0.1, 0.15) is 29.8 Å². The first-order chi connectivity index (χ1) is 8.75. The Bertz CT molecular complexity index is 536. The molecular formula is C14H17N3S. The normalized spacial score (nSPS) is 17.4. The van der Waals surface area contributed by atoms with Crippen molar-refractivity contribution in [3.05, 3.63) is 45.9 Å². The van der Waals surface area contributed by atoms with Gasteiger partial charge >= 0.3 is 0 Å². The van der Waals surface area contributed by atoms with Crippen molar-refractivity contribution in [3.63, 3.8) is 0 Å². The van der Waals surface area contributed by atoms with Gasteiger partial charge in [-0.05, 0) is 30.5 Å². The van der Waals surface area contributed by atoms with E-state index in [0.717, 1.165) is 25.2 Å². The van der Waals surface area contributed by atoms with Gasteiger partial charge in [0.1, 0.15) is 0 Å². The molecule has 0 saturated heterocycles. The lowest BCUT2D eigenvalue weighted by atomic mass is 9.97. The number of anilines is 1. The van der Waals surface area contributed by atoms with E-state index in [-0.39, 0.29) is 0 Å². The molecule has 0 bridgehead atoms. The van der Waals surface area contributed by atoms with E-state index in [0.29, 0.717) is 6.04 Å². The van der Waals surface area contributed by atoms with Gasteiger partial charge in [-0.3, -0.25) is 4.90 Å². The molecule has 3 rings (SSSR count). The van der Waals surface area contributed by atoms with Crippen molar-refractivity contribution >= 4 is 17.0 Å². The van der Waals surface area contributed by atoms with Crippen LogP contribution < -0.4 is 5.73 Å². The zero-order valence-corrected chi connectivity index (χ0v) is 11.3. The highest BCUT2D eigenvalue weighted by Crippen LogP contribution is 2.29. The van der Waals surface area contributed by atoms with Crippen molar-refractivity contribution in [1.29, 1.82) is 0 Å². The molecule has 0 amide bonds. The number of benzene rings is 1. The van der Waals surface area contributed by atoms with Crippen LogP contribution in [0.25, 0.3) is 0 Å². The molecule has 1 atom stereocenters. The average molecular weight is 259 g/mol. The van der Waals surface area contributed by atoms with Crippen LogP contribution in [0.2, 0.25) is 0 Å². The van der Waals surface area contributed by atoms with Gasteiger partial charge in [-0.2, -0.15) is 0 Å². The Morgan fingerprint density at radius 1 is 1.44 bits per heavy atom. The van der Waals surface area contributed by atoms with Gasteiger partial charge in [-0.15, -0.1) is 11.3 Å². The smallest absolute Gasteiger partial charge is 0.0795 e. The van der Waals surface area contributed by atoms with Crippen LogP contribution in [0, 0.1) is 0 Å². The summed E-state index contributed by atoms with van der Waals surface area (Å²) in [5.41, 5.74) is 12.7. The molecule has 1 aromatic heterocycles. The van der Waals surface area contributed by atoms with E-state index in [1.54, 1.807) is 11.3 Å². The summed E-state index contributed by atoms with van der Waals surface area (Å²) in [7, 11) is 0. The first-order valence-corrected chi connectivity index (χ1v) is 7.18. The van der Waals surface area contributed by atoms with Gasteiger partial charge in [-0.25, -0.2) is 4.98 Å². The monoisotopic (exact) mass is 259 g/mol. The van der Waals surface area contributed by atoms with E-state index >= 15 is 0 Å². The number of aromatic nitrogens is 1. The average Bonchev–Trinajstić information content (AvgIpc) is 2.91. The number of fused-ring (bicyclic) bond motifs is 1. The third-order valence-corrected chi connectivity index (χ3v) is 4.36. The molecule has 2 aromatic rings. The number of hydrogen-bond donors (Lipinski definition) is 1. The fraction of sp³-hybridized carbons (Fsp3) is 0.357. The maximum absolute atomic E-state index is 6.03. The first kappa shape index (κ1) is 11.7. The van der Waals surface area contributed by atoms with Crippen LogP contribution in [-0.2, 0) is 13.0 Å². The number of rotatable bonds is 2. The predicted octanol–water partition coefficient (Wildman–Crippen LogP) is 2.84. The zero-order chi connectivity index (χ0) is 12.5. The highest BCUT2D eigenvalue weighted by molar-refractivity contribution is 7.07. The van der Waals surface area contributed by atoms with Crippen molar-refractivity contribution in [1.82, 2.24) is 9.88 Å². The number of nitrogens with zero attached hydrogens (tertiary/aromatic N) is 2. The van der Waals surface area contributed by atoms with Gasteiger partial charge in [0.05, 0.1) is 17.2 Å². The number of thiazole rings is 1. The lowest BCUT2D eigenvalue weighted by Gasteiger charge is -2.33. The molecule has 2 heterocycles. The first-order valence-electron chi connectivity index (χ1n) is 6.24. The number of hydrogen-bond acceptors (Lipinski definition) is 4. The molecule has 1 aromatic carbocycles. The molecule has 2 N–H and O–H groups in total. The maximum Gasteiger partial charge on any atom is 0.0795 e. The predicted molar refractivity (Wildman–Crippen MR) is 75.5 cm³/mol. The van der Waals surface area contributed by atoms with Crippen LogP contribution in [0.4, 0.5) is 5.69 Å². The van der Waals surface area contributed by atoms with Crippen molar-refractivity contribution in [2.24, 2.45) is 0 Å². The van der Waals surface area contributed by atoms with Crippen molar-refractivity contribution in [2.45, 2.75) is 25.9 Å². The largest absolute Gasteiger partial charge is 0.398 e. The minimum atomic E-state index is 0.380. The van der Waals surface area contributed by atoms with Crippen LogP contribution in [0.15, 0.2) is 29.1 Å². The second kappa shape index (κ2) is 4.71. The summed E-state index contributed by atoms with van der Waals surface area (Å²) in [4.78, 5) is 6.89. The molecule has 3 nitrogen and oxygen atoms in total. The van der Waals surface area contributed by atoms with E-state index in [4.69, 9.17) is 5.73 Å². The zero-order valence-electron chi connectivity index (χ0n) is 10.5. The molecule has 18 heavy (non-hydrogen) atoms. The number of nitrogens with two attached hydrogens (primary N) is 1. The molecule has 1 aliphatic rings. The Morgan fingerprint density at radius 2 is 2.33 bits per heavy atom. The van der Waals surface area contributed by atoms with Crippen LogP contribution in [-0.4, -0.2) is 16.4 Å². The van der Waals surface area contributed by atoms with Crippen LogP contribution in [0.5, 0.6) is 0 Å². The third kappa shape index (κ3) is 2.02. The second-order valence-electron chi connectivity index (χ2n) is 4.79. The van der Waals surface area contributed by atoms with Crippen molar-refractivity contribution < 1.29 is 0 Å². The van der Waals surface area contributed by atoms with Gasteiger partial charge in [-0.1, -0.05) is 12.1 Å². The molecule has 0 saturated carbocycles. The van der Waals surface area contributed by atoms with Crippen molar-refractivity contribution in [2.75, 3.05) is 12.3 Å². The van der Waals surface area contributed by atoms with E-state index < -0.39 is 0 Å². The molecule has 1 unspecified atom stereocenters. The van der Waals surface area contributed by atoms with Gasteiger partial charge in [0, 0.05) is 24.2 Å². The summed E-state index contributed by atoms with van der Waals surface area (Å²) in [5, 5.41) is 2.14. The molecule has 1 aliphatic heterocycles. The Morgan fingerprint density at radius 3 is 3.11 bits per heavy atom. The second-order valence-corrected chi connectivity index (χ2v) is 5.51.